The van der Waals surface area contributed by atoms with E-state index in [1.54, 1.807) is 0 Å². The lowest BCUT2D eigenvalue weighted by Crippen LogP contribution is -2.31. The molecule has 0 saturated heterocycles. The van der Waals surface area contributed by atoms with Crippen molar-refractivity contribution in [2.45, 2.75) is 39.2 Å². The standard InChI is InChI=1S/C11H21NO2/c1-8-6-10(8)7-12(3)9(2)4-5-11(13)14/h8-10H,4-7H2,1-3H3,(H,13,14). The van der Waals surface area contributed by atoms with Gasteiger partial charge in [0.1, 0.15) is 0 Å². The molecule has 0 aromatic heterocycles. The van der Waals surface area contributed by atoms with Gasteiger partial charge in [0.25, 0.3) is 0 Å². The van der Waals surface area contributed by atoms with Crippen molar-refractivity contribution in [2.24, 2.45) is 11.8 Å². The Morgan fingerprint density at radius 1 is 1.64 bits per heavy atom. The fourth-order valence-electron chi connectivity index (χ4n) is 1.76. The molecule has 0 bridgehead atoms. The molecule has 14 heavy (non-hydrogen) atoms. The van der Waals surface area contributed by atoms with E-state index in [1.807, 2.05) is 0 Å². The minimum atomic E-state index is -0.690. The fourth-order valence-corrected chi connectivity index (χ4v) is 1.76. The van der Waals surface area contributed by atoms with E-state index >= 15 is 0 Å². The van der Waals surface area contributed by atoms with Crippen molar-refractivity contribution in [3.8, 4) is 0 Å². The molecule has 1 fully saturated rings. The molecule has 1 N–H and O–H groups in total. The Hall–Kier alpha value is -0.570. The van der Waals surface area contributed by atoms with E-state index in [4.69, 9.17) is 5.11 Å². The van der Waals surface area contributed by atoms with Crippen LogP contribution >= 0.6 is 0 Å². The molecule has 3 nitrogen and oxygen atoms in total. The van der Waals surface area contributed by atoms with Gasteiger partial charge in [0.15, 0.2) is 0 Å². The summed E-state index contributed by atoms with van der Waals surface area (Å²) in [5.74, 6) is 1.04. The topological polar surface area (TPSA) is 40.5 Å². The van der Waals surface area contributed by atoms with Crippen LogP contribution in [0.4, 0.5) is 0 Å². The van der Waals surface area contributed by atoms with E-state index in [2.05, 4.69) is 25.8 Å². The Balaban J connectivity index is 2.15. The number of hydrogen-bond acceptors (Lipinski definition) is 2. The number of carboxylic acids is 1. The molecule has 0 radical (unpaired) electrons. The number of aliphatic carboxylic acids is 1. The van der Waals surface area contributed by atoms with Crippen LogP contribution in [0.25, 0.3) is 0 Å². The highest BCUT2D eigenvalue weighted by Crippen LogP contribution is 2.38. The third-order valence-electron chi connectivity index (χ3n) is 3.33. The maximum Gasteiger partial charge on any atom is 0.303 e. The van der Waals surface area contributed by atoms with Gasteiger partial charge in [-0.15, -0.1) is 0 Å². The SMILES string of the molecule is CC1CC1CN(C)C(C)CCC(=O)O. The van der Waals surface area contributed by atoms with Gasteiger partial charge in [0, 0.05) is 19.0 Å². The lowest BCUT2D eigenvalue weighted by atomic mass is 10.1. The Morgan fingerprint density at radius 3 is 2.64 bits per heavy atom. The Morgan fingerprint density at radius 2 is 2.21 bits per heavy atom. The minimum absolute atomic E-state index is 0.283. The number of carbonyl (C=O) groups is 1. The predicted octanol–water partition coefficient (Wildman–Crippen LogP) is 1.83. The molecule has 82 valence electrons. The zero-order valence-corrected chi connectivity index (χ0v) is 9.36. The highest BCUT2D eigenvalue weighted by Gasteiger charge is 2.33. The second kappa shape index (κ2) is 4.78. The highest BCUT2D eigenvalue weighted by atomic mass is 16.4. The minimum Gasteiger partial charge on any atom is -0.481 e. The first-order valence-electron chi connectivity index (χ1n) is 5.42. The summed E-state index contributed by atoms with van der Waals surface area (Å²) in [4.78, 5) is 12.7. The largest absolute Gasteiger partial charge is 0.481 e. The first-order chi connectivity index (χ1) is 6.50. The average Bonchev–Trinajstić information content (AvgIpc) is 2.77. The van der Waals surface area contributed by atoms with Crippen molar-refractivity contribution >= 4 is 5.97 Å². The second-order valence-electron chi connectivity index (χ2n) is 4.69. The Kier molecular flexibility index (Phi) is 3.93. The van der Waals surface area contributed by atoms with E-state index in [9.17, 15) is 4.79 Å². The van der Waals surface area contributed by atoms with Gasteiger partial charge in [0.2, 0.25) is 0 Å². The summed E-state index contributed by atoms with van der Waals surface area (Å²) in [7, 11) is 2.09. The summed E-state index contributed by atoms with van der Waals surface area (Å²) in [6, 6.07) is 0.388. The van der Waals surface area contributed by atoms with Crippen molar-refractivity contribution in [2.75, 3.05) is 13.6 Å². The number of carboxylic acid groups (broad SMARTS) is 1. The van der Waals surface area contributed by atoms with Gasteiger partial charge in [-0.25, -0.2) is 0 Å². The van der Waals surface area contributed by atoms with E-state index in [0.717, 1.165) is 24.8 Å². The fraction of sp³-hybridized carbons (Fsp3) is 0.909. The molecule has 1 aliphatic carbocycles. The van der Waals surface area contributed by atoms with Crippen LogP contribution in [0.15, 0.2) is 0 Å². The van der Waals surface area contributed by atoms with Gasteiger partial charge in [0.05, 0.1) is 0 Å². The molecule has 0 spiro atoms. The van der Waals surface area contributed by atoms with Crippen LogP contribution in [0.1, 0.15) is 33.1 Å². The van der Waals surface area contributed by atoms with Crippen molar-refractivity contribution in [1.82, 2.24) is 4.90 Å². The van der Waals surface area contributed by atoms with Gasteiger partial charge in [-0.3, -0.25) is 4.79 Å². The molecular formula is C11H21NO2. The molecule has 3 unspecified atom stereocenters. The van der Waals surface area contributed by atoms with Gasteiger partial charge >= 0.3 is 5.97 Å². The van der Waals surface area contributed by atoms with E-state index in [0.29, 0.717) is 6.04 Å². The van der Waals surface area contributed by atoms with Crippen LogP contribution in [0.3, 0.4) is 0 Å². The Labute approximate surface area is 86.1 Å². The smallest absolute Gasteiger partial charge is 0.303 e. The maximum absolute atomic E-state index is 10.4. The quantitative estimate of drug-likeness (QED) is 0.709. The molecule has 3 heteroatoms. The summed E-state index contributed by atoms with van der Waals surface area (Å²) in [6.07, 6.45) is 2.38. The van der Waals surface area contributed by atoms with Crippen molar-refractivity contribution < 1.29 is 9.90 Å². The molecule has 0 aromatic rings. The zero-order chi connectivity index (χ0) is 10.7. The van der Waals surface area contributed by atoms with E-state index in [-0.39, 0.29) is 6.42 Å². The zero-order valence-electron chi connectivity index (χ0n) is 9.36. The van der Waals surface area contributed by atoms with Crippen molar-refractivity contribution in [3.05, 3.63) is 0 Å². The van der Waals surface area contributed by atoms with Gasteiger partial charge in [-0.2, -0.15) is 0 Å². The molecule has 0 aliphatic heterocycles. The molecule has 0 aromatic carbocycles. The van der Waals surface area contributed by atoms with Crippen LogP contribution in [-0.4, -0.2) is 35.6 Å². The molecule has 1 aliphatic rings. The van der Waals surface area contributed by atoms with Crippen molar-refractivity contribution in [1.29, 1.82) is 0 Å². The second-order valence-corrected chi connectivity index (χ2v) is 4.69. The van der Waals surface area contributed by atoms with Crippen LogP contribution in [0.5, 0.6) is 0 Å². The van der Waals surface area contributed by atoms with E-state index < -0.39 is 5.97 Å². The lowest BCUT2D eigenvalue weighted by Gasteiger charge is -2.24. The molecule has 3 atom stereocenters. The third kappa shape index (κ3) is 3.66. The predicted molar refractivity (Wildman–Crippen MR) is 56.2 cm³/mol. The lowest BCUT2D eigenvalue weighted by molar-refractivity contribution is -0.137. The van der Waals surface area contributed by atoms with Crippen LogP contribution in [0, 0.1) is 11.8 Å². The average molecular weight is 199 g/mol. The third-order valence-corrected chi connectivity index (χ3v) is 3.33. The normalized spacial score (nSPS) is 27.7. The van der Waals surface area contributed by atoms with Crippen LogP contribution in [-0.2, 0) is 4.79 Å². The summed E-state index contributed by atoms with van der Waals surface area (Å²) in [5.41, 5.74) is 0. The first kappa shape index (κ1) is 11.5. The molecule has 1 saturated carbocycles. The van der Waals surface area contributed by atoms with Gasteiger partial charge in [-0.1, -0.05) is 6.92 Å². The molecular weight excluding hydrogens is 178 g/mol. The molecule has 0 amide bonds. The number of hydrogen-bond donors (Lipinski definition) is 1. The molecule has 0 heterocycles. The van der Waals surface area contributed by atoms with Gasteiger partial charge in [-0.05, 0) is 38.6 Å². The Bertz CT molecular complexity index is 205. The highest BCUT2D eigenvalue weighted by molar-refractivity contribution is 5.66. The summed E-state index contributed by atoms with van der Waals surface area (Å²) in [6.45, 7) is 5.51. The summed E-state index contributed by atoms with van der Waals surface area (Å²) in [5, 5.41) is 8.56. The monoisotopic (exact) mass is 199 g/mol. The first-order valence-corrected chi connectivity index (χ1v) is 5.42. The number of rotatable bonds is 6. The summed E-state index contributed by atoms with van der Waals surface area (Å²) >= 11 is 0. The molecule has 1 rings (SSSR count). The summed E-state index contributed by atoms with van der Waals surface area (Å²) < 4.78 is 0. The van der Waals surface area contributed by atoms with Gasteiger partial charge < -0.3 is 10.0 Å². The van der Waals surface area contributed by atoms with Crippen LogP contribution in [0.2, 0.25) is 0 Å². The van der Waals surface area contributed by atoms with Crippen molar-refractivity contribution in [3.63, 3.8) is 0 Å². The number of nitrogens with zero attached hydrogens (tertiary/aromatic N) is 1. The maximum atomic E-state index is 10.4. The van der Waals surface area contributed by atoms with Crippen LogP contribution < -0.4 is 0 Å². The van der Waals surface area contributed by atoms with E-state index in [1.165, 1.54) is 6.42 Å².